The number of methoxy groups -OCH3 is 1. The molecule has 1 saturated heterocycles. The second-order valence-corrected chi connectivity index (χ2v) is 5.75. The molecule has 4 heteroatoms. The van der Waals surface area contributed by atoms with Gasteiger partial charge in [-0.1, -0.05) is 17.7 Å². The molecule has 0 spiro atoms. The van der Waals surface area contributed by atoms with Gasteiger partial charge < -0.3 is 9.64 Å². The maximum atomic E-state index is 12.8. The predicted molar refractivity (Wildman–Crippen MR) is 81.2 cm³/mol. The van der Waals surface area contributed by atoms with E-state index in [2.05, 4.69) is 0 Å². The number of nitrogens with zero attached hydrogens (tertiary/aromatic N) is 1. The van der Waals surface area contributed by atoms with Crippen LogP contribution in [0.4, 0.5) is 0 Å². The van der Waals surface area contributed by atoms with Crippen molar-refractivity contribution in [1.29, 1.82) is 0 Å². The Bertz CT molecular complexity index is 539. The first-order valence-corrected chi connectivity index (χ1v) is 7.48. The Hall–Kier alpha value is -1.84. The van der Waals surface area contributed by atoms with Gasteiger partial charge in [0, 0.05) is 18.2 Å². The number of hydrogen-bond donors (Lipinski definition) is 0. The molecule has 0 radical (unpaired) electrons. The fraction of sp³-hybridized carbons (Fsp3) is 0.529. The molecule has 0 N–H and O–H groups in total. The van der Waals surface area contributed by atoms with Crippen molar-refractivity contribution in [2.45, 2.75) is 45.6 Å². The maximum Gasteiger partial charge on any atom is 0.307 e. The average molecular weight is 289 g/mol. The summed E-state index contributed by atoms with van der Waals surface area (Å²) in [5.41, 5.74) is 2.80. The minimum Gasteiger partial charge on any atom is -0.469 e. The third-order valence-electron chi connectivity index (χ3n) is 4.14. The number of hydrogen-bond acceptors (Lipinski definition) is 3. The zero-order valence-corrected chi connectivity index (χ0v) is 13.0. The minimum absolute atomic E-state index is 0.0322. The fourth-order valence-electron chi connectivity index (χ4n) is 2.88. The second-order valence-electron chi connectivity index (χ2n) is 5.75. The van der Waals surface area contributed by atoms with E-state index in [0.29, 0.717) is 6.54 Å². The molecule has 1 aliphatic heterocycles. The van der Waals surface area contributed by atoms with Crippen LogP contribution >= 0.6 is 0 Å². The summed E-state index contributed by atoms with van der Waals surface area (Å²) in [7, 11) is 1.39. The number of amides is 1. The van der Waals surface area contributed by atoms with Crippen molar-refractivity contribution < 1.29 is 14.3 Å². The molecule has 0 bridgehead atoms. The number of ether oxygens (including phenoxy) is 1. The van der Waals surface area contributed by atoms with Crippen LogP contribution in [0.5, 0.6) is 0 Å². The lowest BCUT2D eigenvalue weighted by molar-refractivity contribution is -0.142. The summed E-state index contributed by atoms with van der Waals surface area (Å²) in [5.74, 6) is -0.217. The Kier molecular flexibility index (Phi) is 4.99. The van der Waals surface area contributed by atoms with Crippen molar-refractivity contribution in [3.8, 4) is 0 Å². The van der Waals surface area contributed by atoms with Crippen LogP contribution in [-0.2, 0) is 9.53 Å². The van der Waals surface area contributed by atoms with Gasteiger partial charge in [0.2, 0.25) is 0 Å². The van der Waals surface area contributed by atoms with Crippen LogP contribution in [0.1, 0.15) is 47.2 Å². The molecule has 0 aliphatic carbocycles. The molecule has 1 aliphatic rings. The largest absolute Gasteiger partial charge is 0.469 e. The van der Waals surface area contributed by atoms with E-state index in [1.807, 2.05) is 36.9 Å². The summed E-state index contributed by atoms with van der Waals surface area (Å²) in [4.78, 5) is 26.2. The first kappa shape index (κ1) is 15.5. The van der Waals surface area contributed by atoms with Crippen LogP contribution in [0.3, 0.4) is 0 Å². The van der Waals surface area contributed by atoms with Crippen LogP contribution < -0.4 is 0 Å². The Morgan fingerprint density at radius 3 is 2.76 bits per heavy atom. The number of benzene rings is 1. The number of carbonyl (C=O) groups excluding carboxylic acids is 2. The number of likely N-dealkylation sites (tertiary alicyclic amines) is 1. The minimum atomic E-state index is -0.249. The molecule has 1 aromatic rings. The Morgan fingerprint density at radius 2 is 2.05 bits per heavy atom. The van der Waals surface area contributed by atoms with Crippen LogP contribution in [-0.4, -0.2) is 36.5 Å². The summed E-state index contributed by atoms with van der Waals surface area (Å²) in [6.45, 7) is 4.65. The molecule has 0 saturated carbocycles. The highest BCUT2D eigenvalue weighted by atomic mass is 16.5. The highest BCUT2D eigenvalue weighted by Gasteiger charge is 2.30. The SMILES string of the molecule is COC(=O)CC1CCCCN1C(=O)c1cc(C)ccc1C. The fourth-order valence-corrected chi connectivity index (χ4v) is 2.88. The third kappa shape index (κ3) is 3.63. The zero-order valence-electron chi connectivity index (χ0n) is 13.0. The van der Waals surface area contributed by atoms with Crippen molar-refractivity contribution in [3.05, 3.63) is 34.9 Å². The molecular formula is C17H23NO3. The van der Waals surface area contributed by atoms with Crippen LogP contribution in [0, 0.1) is 13.8 Å². The molecular weight excluding hydrogens is 266 g/mol. The van der Waals surface area contributed by atoms with Gasteiger partial charge in [0.05, 0.1) is 13.5 Å². The van der Waals surface area contributed by atoms with E-state index in [9.17, 15) is 9.59 Å². The molecule has 114 valence electrons. The molecule has 1 unspecified atom stereocenters. The van der Waals surface area contributed by atoms with Gasteiger partial charge in [-0.3, -0.25) is 9.59 Å². The molecule has 1 heterocycles. The van der Waals surface area contributed by atoms with Crippen molar-refractivity contribution in [2.24, 2.45) is 0 Å². The van der Waals surface area contributed by atoms with Crippen molar-refractivity contribution in [2.75, 3.05) is 13.7 Å². The summed E-state index contributed by atoms with van der Waals surface area (Å²) in [6.07, 6.45) is 3.20. The molecule has 1 aromatic carbocycles. The Morgan fingerprint density at radius 1 is 1.29 bits per heavy atom. The van der Waals surface area contributed by atoms with Crippen LogP contribution in [0.15, 0.2) is 18.2 Å². The monoisotopic (exact) mass is 289 g/mol. The van der Waals surface area contributed by atoms with Gasteiger partial charge in [0.15, 0.2) is 0 Å². The highest BCUT2D eigenvalue weighted by molar-refractivity contribution is 5.96. The number of rotatable bonds is 3. The number of carbonyl (C=O) groups is 2. The van der Waals surface area contributed by atoms with Gasteiger partial charge in [-0.2, -0.15) is 0 Å². The maximum absolute atomic E-state index is 12.8. The summed E-state index contributed by atoms with van der Waals surface area (Å²) in [6, 6.07) is 5.87. The van der Waals surface area contributed by atoms with E-state index in [-0.39, 0.29) is 24.3 Å². The van der Waals surface area contributed by atoms with Crippen molar-refractivity contribution in [1.82, 2.24) is 4.90 Å². The summed E-state index contributed by atoms with van der Waals surface area (Å²) in [5, 5.41) is 0. The molecule has 1 fully saturated rings. The number of piperidine rings is 1. The van der Waals surface area contributed by atoms with Gasteiger partial charge in [-0.15, -0.1) is 0 Å². The third-order valence-corrected chi connectivity index (χ3v) is 4.14. The number of aryl methyl sites for hydroxylation is 2. The summed E-state index contributed by atoms with van der Waals surface area (Å²) < 4.78 is 4.75. The first-order chi connectivity index (χ1) is 10.0. The lowest BCUT2D eigenvalue weighted by Crippen LogP contribution is -2.45. The quantitative estimate of drug-likeness (QED) is 0.804. The van der Waals surface area contributed by atoms with Gasteiger partial charge in [0.25, 0.3) is 5.91 Å². The van der Waals surface area contributed by atoms with Gasteiger partial charge >= 0.3 is 5.97 Å². The van der Waals surface area contributed by atoms with Crippen molar-refractivity contribution >= 4 is 11.9 Å². The molecule has 0 aromatic heterocycles. The number of esters is 1. The predicted octanol–water partition coefficient (Wildman–Crippen LogP) is 2.86. The molecule has 1 amide bonds. The molecule has 1 atom stereocenters. The molecule has 4 nitrogen and oxygen atoms in total. The van der Waals surface area contributed by atoms with E-state index in [1.165, 1.54) is 7.11 Å². The lowest BCUT2D eigenvalue weighted by Gasteiger charge is -2.35. The molecule has 2 rings (SSSR count). The Labute approximate surface area is 126 Å². The smallest absolute Gasteiger partial charge is 0.307 e. The van der Waals surface area contributed by atoms with Crippen LogP contribution in [0.2, 0.25) is 0 Å². The standard InChI is InChI=1S/C17H23NO3/c1-12-7-8-13(2)15(10-12)17(20)18-9-5-4-6-14(18)11-16(19)21-3/h7-8,10,14H,4-6,9,11H2,1-3H3. The zero-order chi connectivity index (χ0) is 15.4. The van der Waals surface area contributed by atoms with E-state index in [0.717, 1.165) is 36.0 Å². The van der Waals surface area contributed by atoms with E-state index in [1.54, 1.807) is 0 Å². The second kappa shape index (κ2) is 6.74. The van der Waals surface area contributed by atoms with Gasteiger partial charge in [-0.05, 0) is 44.7 Å². The topological polar surface area (TPSA) is 46.6 Å². The van der Waals surface area contributed by atoms with Gasteiger partial charge in [-0.25, -0.2) is 0 Å². The van der Waals surface area contributed by atoms with Gasteiger partial charge in [0.1, 0.15) is 0 Å². The van der Waals surface area contributed by atoms with Crippen molar-refractivity contribution in [3.63, 3.8) is 0 Å². The van der Waals surface area contributed by atoms with E-state index < -0.39 is 0 Å². The lowest BCUT2D eigenvalue weighted by atomic mass is 9.96. The van der Waals surface area contributed by atoms with E-state index >= 15 is 0 Å². The Balaban J connectivity index is 2.22. The normalized spacial score (nSPS) is 18.4. The summed E-state index contributed by atoms with van der Waals surface area (Å²) >= 11 is 0. The van der Waals surface area contributed by atoms with E-state index in [4.69, 9.17) is 4.74 Å². The van der Waals surface area contributed by atoms with Crippen LogP contribution in [0.25, 0.3) is 0 Å². The first-order valence-electron chi connectivity index (χ1n) is 7.48. The molecule has 21 heavy (non-hydrogen) atoms. The highest BCUT2D eigenvalue weighted by Crippen LogP contribution is 2.24. The average Bonchev–Trinajstić information content (AvgIpc) is 2.49.